The molecule has 0 aliphatic carbocycles. The van der Waals surface area contributed by atoms with Crippen molar-refractivity contribution in [3.63, 3.8) is 0 Å². The Balaban J connectivity index is 1.66. The summed E-state index contributed by atoms with van der Waals surface area (Å²) < 4.78 is 1.86. The molecule has 6 heteroatoms. The van der Waals surface area contributed by atoms with E-state index in [-0.39, 0.29) is 5.75 Å². The standard InChI is InChI=1S/C18H25N5O/c1-3-19-18(20-10-14-4-6-17(24)7-5-14)23-9-8-15(13-23)16-11-21-22(2)12-16/h4-7,11-12,15,24H,3,8-10,13H2,1-2H3,(H,19,20). The lowest BCUT2D eigenvalue weighted by Crippen LogP contribution is -2.40. The Hall–Kier alpha value is -2.50. The number of benzene rings is 1. The van der Waals surface area contributed by atoms with Crippen molar-refractivity contribution in [2.75, 3.05) is 19.6 Å². The van der Waals surface area contributed by atoms with Crippen LogP contribution in [0.5, 0.6) is 5.75 Å². The van der Waals surface area contributed by atoms with Crippen molar-refractivity contribution in [1.29, 1.82) is 0 Å². The second-order valence-corrected chi connectivity index (χ2v) is 6.22. The van der Waals surface area contributed by atoms with Crippen LogP contribution in [0.15, 0.2) is 41.7 Å². The molecule has 2 aromatic rings. The van der Waals surface area contributed by atoms with Gasteiger partial charge in [0.2, 0.25) is 0 Å². The number of likely N-dealkylation sites (tertiary alicyclic amines) is 1. The van der Waals surface area contributed by atoms with Crippen molar-refractivity contribution in [1.82, 2.24) is 20.0 Å². The maximum atomic E-state index is 9.37. The smallest absolute Gasteiger partial charge is 0.194 e. The number of guanidine groups is 1. The van der Waals surface area contributed by atoms with Crippen LogP contribution in [0, 0.1) is 0 Å². The average Bonchev–Trinajstić information content (AvgIpc) is 3.22. The summed E-state index contributed by atoms with van der Waals surface area (Å²) in [7, 11) is 1.96. The first-order valence-corrected chi connectivity index (χ1v) is 8.45. The molecule has 1 fully saturated rings. The second kappa shape index (κ2) is 7.38. The first-order chi connectivity index (χ1) is 11.7. The summed E-state index contributed by atoms with van der Waals surface area (Å²) in [5, 5.41) is 17.0. The molecule has 1 aliphatic heterocycles. The molecule has 6 nitrogen and oxygen atoms in total. The van der Waals surface area contributed by atoms with Gasteiger partial charge in [0, 0.05) is 38.8 Å². The lowest BCUT2D eigenvalue weighted by Gasteiger charge is -2.21. The van der Waals surface area contributed by atoms with E-state index in [0.29, 0.717) is 12.5 Å². The van der Waals surface area contributed by atoms with Gasteiger partial charge in [-0.15, -0.1) is 0 Å². The van der Waals surface area contributed by atoms with Crippen LogP contribution in [0.3, 0.4) is 0 Å². The molecule has 1 aromatic carbocycles. The van der Waals surface area contributed by atoms with Gasteiger partial charge in [0.1, 0.15) is 5.75 Å². The zero-order valence-electron chi connectivity index (χ0n) is 14.3. The molecule has 2 N–H and O–H groups in total. The number of aromatic nitrogens is 2. The Morgan fingerprint density at radius 3 is 2.83 bits per heavy atom. The van der Waals surface area contributed by atoms with Gasteiger partial charge in [-0.25, -0.2) is 4.99 Å². The highest BCUT2D eigenvalue weighted by atomic mass is 16.3. The van der Waals surface area contributed by atoms with E-state index in [9.17, 15) is 5.11 Å². The van der Waals surface area contributed by atoms with Crippen molar-refractivity contribution in [3.8, 4) is 5.75 Å². The van der Waals surface area contributed by atoms with Crippen LogP contribution in [0.4, 0.5) is 0 Å². The van der Waals surface area contributed by atoms with E-state index >= 15 is 0 Å². The molecule has 2 heterocycles. The predicted molar refractivity (Wildman–Crippen MR) is 95.1 cm³/mol. The third-order valence-corrected chi connectivity index (χ3v) is 4.37. The Kier molecular flexibility index (Phi) is 5.03. The number of phenols is 1. The highest BCUT2D eigenvalue weighted by molar-refractivity contribution is 5.80. The molecule has 1 aromatic heterocycles. The number of phenolic OH excluding ortho intramolecular Hbond substituents is 1. The number of aromatic hydroxyl groups is 1. The van der Waals surface area contributed by atoms with Crippen LogP contribution in [-0.2, 0) is 13.6 Å². The molecule has 0 amide bonds. The molecule has 0 bridgehead atoms. The second-order valence-electron chi connectivity index (χ2n) is 6.22. The quantitative estimate of drug-likeness (QED) is 0.666. The summed E-state index contributed by atoms with van der Waals surface area (Å²) in [6, 6.07) is 7.22. The van der Waals surface area contributed by atoms with Crippen LogP contribution in [0.25, 0.3) is 0 Å². The van der Waals surface area contributed by atoms with E-state index in [2.05, 4.69) is 28.4 Å². The van der Waals surface area contributed by atoms with Crippen LogP contribution < -0.4 is 5.32 Å². The third-order valence-electron chi connectivity index (χ3n) is 4.37. The van der Waals surface area contributed by atoms with Crippen LogP contribution >= 0.6 is 0 Å². The zero-order chi connectivity index (χ0) is 16.9. The number of aliphatic imine (C=N–C) groups is 1. The first-order valence-electron chi connectivity index (χ1n) is 8.45. The first kappa shape index (κ1) is 16.4. The molecule has 24 heavy (non-hydrogen) atoms. The summed E-state index contributed by atoms with van der Waals surface area (Å²) in [6.07, 6.45) is 5.19. The molecule has 128 valence electrons. The molecule has 3 rings (SSSR count). The number of nitrogens with one attached hydrogen (secondary N) is 1. The Morgan fingerprint density at radius 2 is 2.17 bits per heavy atom. The van der Waals surface area contributed by atoms with E-state index in [4.69, 9.17) is 4.99 Å². The lowest BCUT2D eigenvalue weighted by atomic mass is 10.0. The van der Waals surface area contributed by atoms with Gasteiger partial charge in [-0.2, -0.15) is 5.10 Å². The number of aryl methyl sites for hydroxylation is 1. The molecular weight excluding hydrogens is 302 g/mol. The average molecular weight is 327 g/mol. The van der Waals surface area contributed by atoms with Crippen molar-refractivity contribution in [3.05, 3.63) is 47.8 Å². The van der Waals surface area contributed by atoms with Gasteiger partial charge in [0.05, 0.1) is 12.7 Å². The maximum Gasteiger partial charge on any atom is 0.194 e. The summed E-state index contributed by atoms with van der Waals surface area (Å²) in [5.74, 6) is 1.75. The summed E-state index contributed by atoms with van der Waals surface area (Å²) in [5.41, 5.74) is 2.39. The Labute approximate surface area is 142 Å². The maximum absolute atomic E-state index is 9.37. The van der Waals surface area contributed by atoms with Crippen molar-refractivity contribution >= 4 is 5.96 Å². The van der Waals surface area contributed by atoms with E-state index < -0.39 is 0 Å². The number of hydrogen-bond donors (Lipinski definition) is 2. The van der Waals surface area contributed by atoms with Gasteiger partial charge in [-0.1, -0.05) is 12.1 Å². The van der Waals surface area contributed by atoms with Gasteiger partial charge < -0.3 is 15.3 Å². The molecule has 0 radical (unpaired) electrons. The number of hydrogen-bond acceptors (Lipinski definition) is 3. The van der Waals surface area contributed by atoms with Gasteiger partial charge in [-0.05, 0) is 36.6 Å². The monoisotopic (exact) mass is 327 g/mol. The minimum Gasteiger partial charge on any atom is -0.508 e. The fraction of sp³-hybridized carbons (Fsp3) is 0.444. The topological polar surface area (TPSA) is 65.7 Å². The zero-order valence-corrected chi connectivity index (χ0v) is 14.3. The summed E-state index contributed by atoms with van der Waals surface area (Å²) in [6.45, 7) is 5.51. The molecule has 0 saturated carbocycles. The summed E-state index contributed by atoms with van der Waals surface area (Å²) in [4.78, 5) is 7.08. The minimum absolute atomic E-state index is 0.286. The molecule has 0 spiro atoms. The van der Waals surface area contributed by atoms with E-state index in [1.165, 1.54) is 5.56 Å². The van der Waals surface area contributed by atoms with Crippen LogP contribution in [-0.4, -0.2) is 45.4 Å². The predicted octanol–water partition coefficient (Wildman–Crippen LogP) is 2.08. The molecular formula is C18H25N5O. The Morgan fingerprint density at radius 1 is 1.38 bits per heavy atom. The highest BCUT2D eigenvalue weighted by Crippen LogP contribution is 2.26. The normalized spacial score (nSPS) is 18.2. The van der Waals surface area contributed by atoms with Crippen LogP contribution in [0.1, 0.15) is 30.4 Å². The van der Waals surface area contributed by atoms with E-state index in [1.807, 2.05) is 30.1 Å². The van der Waals surface area contributed by atoms with Crippen molar-refractivity contribution in [2.24, 2.45) is 12.0 Å². The molecule has 1 unspecified atom stereocenters. The SMILES string of the molecule is CCNC(=NCc1ccc(O)cc1)N1CCC(c2cnn(C)c2)C1. The van der Waals surface area contributed by atoms with Gasteiger partial charge >= 0.3 is 0 Å². The fourth-order valence-corrected chi connectivity index (χ4v) is 3.07. The van der Waals surface area contributed by atoms with Crippen LogP contribution in [0.2, 0.25) is 0 Å². The minimum atomic E-state index is 0.286. The van der Waals surface area contributed by atoms with Crippen molar-refractivity contribution < 1.29 is 5.11 Å². The van der Waals surface area contributed by atoms with Gasteiger partial charge in [0.25, 0.3) is 0 Å². The molecule has 1 atom stereocenters. The molecule has 1 saturated heterocycles. The number of nitrogens with zero attached hydrogens (tertiary/aromatic N) is 4. The summed E-state index contributed by atoms with van der Waals surface area (Å²) >= 11 is 0. The highest BCUT2D eigenvalue weighted by Gasteiger charge is 2.26. The fourth-order valence-electron chi connectivity index (χ4n) is 3.07. The van der Waals surface area contributed by atoms with E-state index in [1.54, 1.807) is 12.1 Å². The Bertz CT molecular complexity index is 692. The third kappa shape index (κ3) is 3.88. The molecule has 1 aliphatic rings. The number of rotatable bonds is 4. The largest absolute Gasteiger partial charge is 0.508 e. The van der Waals surface area contributed by atoms with Gasteiger partial charge in [0.15, 0.2) is 5.96 Å². The van der Waals surface area contributed by atoms with Gasteiger partial charge in [-0.3, -0.25) is 4.68 Å². The van der Waals surface area contributed by atoms with E-state index in [0.717, 1.165) is 37.6 Å². The van der Waals surface area contributed by atoms with Crippen molar-refractivity contribution in [2.45, 2.75) is 25.8 Å². The lowest BCUT2D eigenvalue weighted by molar-refractivity contribution is 0.475.